The number of carboxylic acid groups (broad SMARTS) is 1. The van der Waals surface area contributed by atoms with Crippen LogP contribution in [0, 0.1) is 18.8 Å². The van der Waals surface area contributed by atoms with E-state index in [1.54, 1.807) is 11.3 Å². The second kappa shape index (κ2) is 8.79. The summed E-state index contributed by atoms with van der Waals surface area (Å²) in [4.78, 5) is 29.0. The molecular formula is C27H24N2O3S. The molecule has 0 aliphatic heterocycles. The maximum atomic E-state index is 12.8. The number of nitrogens with one attached hydrogen (secondary N) is 1. The van der Waals surface area contributed by atoms with E-state index < -0.39 is 17.8 Å². The van der Waals surface area contributed by atoms with Crippen LogP contribution in [0.3, 0.4) is 0 Å². The topological polar surface area (TPSA) is 79.3 Å². The number of carboxylic acids is 1. The highest BCUT2D eigenvalue weighted by Crippen LogP contribution is 2.35. The van der Waals surface area contributed by atoms with Gasteiger partial charge in [0.2, 0.25) is 0 Å². The largest absolute Gasteiger partial charge is 0.481 e. The third-order valence-electron chi connectivity index (χ3n) is 6.43. The summed E-state index contributed by atoms with van der Waals surface area (Å²) < 4.78 is 1.16. The number of carbonyl (C=O) groups is 2. The number of anilines is 2. The van der Waals surface area contributed by atoms with Crippen molar-refractivity contribution in [3.63, 3.8) is 0 Å². The molecule has 6 heteroatoms. The number of thiazole rings is 1. The van der Waals surface area contributed by atoms with Crippen LogP contribution in [0.2, 0.25) is 0 Å². The normalized spacial score (nSPS) is 17.8. The summed E-state index contributed by atoms with van der Waals surface area (Å²) in [5, 5.41) is 13.6. The Labute approximate surface area is 196 Å². The summed E-state index contributed by atoms with van der Waals surface area (Å²) in [6.07, 6.45) is 2.03. The monoisotopic (exact) mass is 456 g/mol. The minimum absolute atomic E-state index is 0.0583. The molecule has 2 atom stereocenters. The second-order valence-corrected chi connectivity index (χ2v) is 9.60. The number of aliphatic carboxylic acids is 1. The van der Waals surface area contributed by atoms with Gasteiger partial charge in [-0.1, -0.05) is 66.3 Å². The van der Waals surface area contributed by atoms with Gasteiger partial charge in [0.05, 0.1) is 16.1 Å². The summed E-state index contributed by atoms with van der Waals surface area (Å²) >= 11 is 1.63. The summed E-state index contributed by atoms with van der Waals surface area (Å²) in [5.74, 6) is -1.89. The lowest BCUT2D eigenvalue weighted by atomic mass is 9.88. The first kappa shape index (κ1) is 21.3. The van der Waals surface area contributed by atoms with Crippen molar-refractivity contribution in [1.82, 2.24) is 4.98 Å². The average molecular weight is 457 g/mol. The van der Waals surface area contributed by atoms with Gasteiger partial charge < -0.3 is 10.4 Å². The summed E-state index contributed by atoms with van der Waals surface area (Å²) in [6.45, 7) is 2.07. The molecule has 2 N–H and O–H groups in total. The highest BCUT2D eigenvalue weighted by atomic mass is 32.1. The van der Waals surface area contributed by atoms with Gasteiger partial charge in [-0.25, -0.2) is 4.98 Å². The zero-order chi connectivity index (χ0) is 22.9. The molecule has 2 unspecified atom stereocenters. The van der Waals surface area contributed by atoms with Crippen LogP contribution in [0.25, 0.3) is 21.3 Å². The number of ketones is 1. The molecule has 5 rings (SSSR count). The van der Waals surface area contributed by atoms with Gasteiger partial charge in [-0.15, -0.1) is 0 Å². The van der Waals surface area contributed by atoms with Crippen LogP contribution >= 0.6 is 11.3 Å². The van der Waals surface area contributed by atoms with E-state index in [0.717, 1.165) is 38.6 Å². The Hall–Kier alpha value is -3.51. The Morgan fingerprint density at radius 2 is 1.61 bits per heavy atom. The quantitative estimate of drug-likeness (QED) is 0.316. The van der Waals surface area contributed by atoms with Crippen molar-refractivity contribution < 1.29 is 14.7 Å². The van der Waals surface area contributed by atoms with Crippen molar-refractivity contribution >= 4 is 44.1 Å². The van der Waals surface area contributed by atoms with Crippen molar-refractivity contribution in [2.45, 2.75) is 26.2 Å². The molecule has 0 bridgehead atoms. The molecule has 4 aromatic rings. The number of hydrogen-bond donors (Lipinski definition) is 2. The van der Waals surface area contributed by atoms with E-state index in [0.29, 0.717) is 18.4 Å². The third-order valence-corrected chi connectivity index (χ3v) is 7.37. The van der Waals surface area contributed by atoms with Crippen LogP contribution in [-0.4, -0.2) is 21.8 Å². The van der Waals surface area contributed by atoms with Gasteiger partial charge in [0, 0.05) is 17.2 Å². The molecule has 33 heavy (non-hydrogen) atoms. The lowest BCUT2D eigenvalue weighted by molar-refractivity contribution is -0.142. The Kier molecular flexibility index (Phi) is 5.68. The SMILES string of the molecule is Cc1cccc2sc(Nc3ccc(-c4ccc(C(=O)C5CCCC5C(=O)O)cc4)cc3)nc12. The number of carbonyl (C=O) groups excluding carboxylic acids is 1. The van der Waals surface area contributed by atoms with Gasteiger partial charge in [-0.2, -0.15) is 0 Å². The Morgan fingerprint density at radius 1 is 0.939 bits per heavy atom. The molecule has 166 valence electrons. The van der Waals surface area contributed by atoms with Crippen LogP contribution in [0.1, 0.15) is 35.2 Å². The summed E-state index contributed by atoms with van der Waals surface area (Å²) in [5.41, 5.74) is 5.80. The molecule has 0 spiro atoms. The summed E-state index contributed by atoms with van der Waals surface area (Å²) in [6, 6.07) is 21.8. The number of para-hydroxylation sites is 1. The highest BCUT2D eigenvalue weighted by Gasteiger charge is 2.37. The molecule has 0 radical (unpaired) electrons. The number of aromatic nitrogens is 1. The fourth-order valence-corrected chi connectivity index (χ4v) is 5.58. The van der Waals surface area contributed by atoms with Crippen LogP contribution in [0.5, 0.6) is 0 Å². The molecule has 1 heterocycles. The molecule has 1 fully saturated rings. The van der Waals surface area contributed by atoms with Crippen molar-refractivity contribution in [3.8, 4) is 11.1 Å². The van der Waals surface area contributed by atoms with E-state index in [1.807, 2.05) is 54.6 Å². The molecule has 1 aromatic heterocycles. The Balaban J connectivity index is 1.29. The lowest BCUT2D eigenvalue weighted by Gasteiger charge is -2.14. The van der Waals surface area contributed by atoms with Gasteiger partial charge >= 0.3 is 5.97 Å². The van der Waals surface area contributed by atoms with Gasteiger partial charge in [0.15, 0.2) is 10.9 Å². The molecule has 3 aromatic carbocycles. The van der Waals surface area contributed by atoms with E-state index in [1.165, 1.54) is 5.56 Å². The Morgan fingerprint density at radius 3 is 2.27 bits per heavy atom. The number of aryl methyl sites for hydroxylation is 1. The molecular weight excluding hydrogens is 432 g/mol. The zero-order valence-electron chi connectivity index (χ0n) is 18.2. The second-order valence-electron chi connectivity index (χ2n) is 8.57. The van der Waals surface area contributed by atoms with E-state index in [9.17, 15) is 14.7 Å². The lowest BCUT2D eigenvalue weighted by Crippen LogP contribution is -2.25. The number of benzene rings is 3. The van der Waals surface area contributed by atoms with Crippen LogP contribution < -0.4 is 5.32 Å². The predicted octanol–water partition coefficient (Wildman–Crippen LogP) is 6.70. The van der Waals surface area contributed by atoms with Crippen molar-refractivity contribution in [1.29, 1.82) is 0 Å². The van der Waals surface area contributed by atoms with Gasteiger partial charge in [0.25, 0.3) is 0 Å². The van der Waals surface area contributed by atoms with Crippen molar-refractivity contribution in [2.24, 2.45) is 11.8 Å². The van der Waals surface area contributed by atoms with Crippen LogP contribution in [-0.2, 0) is 4.79 Å². The fourth-order valence-electron chi connectivity index (χ4n) is 4.62. The first-order valence-corrected chi connectivity index (χ1v) is 11.9. The molecule has 5 nitrogen and oxygen atoms in total. The fraction of sp³-hybridized carbons (Fsp3) is 0.222. The number of nitrogens with zero attached hydrogens (tertiary/aromatic N) is 1. The number of rotatable bonds is 6. The van der Waals surface area contributed by atoms with Gasteiger partial charge in [-0.05, 0) is 54.7 Å². The van der Waals surface area contributed by atoms with E-state index in [4.69, 9.17) is 4.98 Å². The van der Waals surface area contributed by atoms with Crippen LogP contribution in [0.15, 0.2) is 66.7 Å². The predicted molar refractivity (Wildman–Crippen MR) is 132 cm³/mol. The molecule has 0 saturated heterocycles. The average Bonchev–Trinajstić information content (AvgIpc) is 3.47. The van der Waals surface area contributed by atoms with E-state index >= 15 is 0 Å². The molecule has 1 saturated carbocycles. The number of hydrogen-bond acceptors (Lipinski definition) is 5. The molecule has 1 aliphatic rings. The smallest absolute Gasteiger partial charge is 0.307 e. The molecule has 1 aliphatic carbocycles. The summed E-state index contributed by atoms with van der Waals surface area (Å²) in [7, 11) is 0. The van der Waals surface area contributed by atoms with Crippen molar-refractivity contribution in [2.75, 3.05) is 5.32 Å². The van der Waals surface area contributed by atoms with Crippen molar-refractivity contribution in [3.05, 3.63) is 77.9 Å². The standard InChI is InChI=1S/C27H24N2O3S/c1-16-4-2-7-23-24(16)29-27(33-23)28-20-14-12-18(13-15-20)17-8-10-19(11-9-17)25(30)21-5-3-6-22(21)26(31)32/h2,4,7-15,21-22H,3,5-6H2,1H3,(H,28,29)(H,31,32). The maximum absolute atomic E-state index is 12.8. The minimum atomic E-state index is -0.864. The van der Waals surface area contributed by atoms with Gasteiger partial charge in [0.1, 0.15) is 0 Å². The van der Waals surface area contributed by atoms with E-state index in [-0.39, 0.29) is 5.78 Å². The number of fused-ring (bicyclic) bond motifs is 1. The van der Waals surface area contributed by atoms with Gasteiger partial charge in [-0.3, -0.25) is 9.59 Å². The molecule has 0 amide bonds. The number of Topliss-reactive ketones (excluding diaryl/α,β-unsaturated/α-hetero) is 1. The van der Waals surface area contributed by atoms with Crippen LogP contribution in [0.4, 0.5) is 10.8 Å². The highest BCUT2D eigenvalue weighted by molar-refractivity contribution is 7.22. The maximum Gasteiger partial charge on any atom is 0.307 e. The van der Waals surface area contributed by atoms with E-state index in [2.05, 4.69) is 24.4 Å². The Bertz CT molecular complexity index is 1330. The first-order chi connectivity index (χ1) is 16.0. The zero-order valence-corrected chi connectivity index (χ0v) is 19.1. The minimum Gasteiger partial charge on any atom is -0.481 e. The third kappa shape index (κ3) is 4.26. The first-order valence-electron chi connectivity index (χ1n) is 11.1.